The largest absolute Gasteiger partial charge is 0.382 e. The van der Waals surface area contributed by atoms with Crippen LogP contribution in [0.5, 0.6) is 0 Å². The van der Waals surface area contributed by atoms with Crippen molar-refractivity contribution in [3.63, 3.8) is 0 Å². The molecule has 0 bridgehead atoms. The highest BCUT2D eigenvalue weighted by molar-refractivity contribution is 5.68. The fourth-order valence-corrected chi connectivity index (χ4v) is 3.02. The summed E-state index contributed by atoms with van der Waals surface area (Å²) in [6.45, 7) is 1.80. The first kappa shape index (κ1) is 18.2. The molecule has 0 amide bonds. The van der Waals surface area contributed by atoms with Crippen LogP contribution in [0, 0.1) is 23.0 Å². The molecule has 0 unspecified atom stereocenters. The van der Waals surface area contributed by atoms with Crippen molar-refractivity contribution >= 4 is 17.3 Å². The van der Waals surface area contributed by atoms with Crippen LogP contribution in [-0.4, -0.2) is 24.6 Å². The lowest BCUT2D eigenvalue weighted by Crippen LogP contribution is -2.13. The molecule has 0 aliphatic carbocycles. The van der Waals surface area contributed by atoms with Gasteiger partial charge in [0.15, 0.2) is 5.65 Å². The molecule has 4 aromatic rings. The van der Waals surface area contributed by atoms with E-state index in [1.165, 1.54) is 23.0 Å². The van der Waals surface area contributed by atoms with Gasteiger partial charge in [-0.05, 0) is 25.1 Å². The van der Waals surface area contributed by atoms with Crippen LogP contribution < -0.4 is 11.1 Å². The Morgan fingerprint density at radius 2 is 1.90 bits per heavy atom. The lowest BCUT2D eigenvalue weighted by Gasteiger charge is -2.19. The van der Waals surface area contributed by atoms with Gasteiger partial charge in [-0.25, -0.2) is 28.2 Å². The lowest BCUT2D eigenvalue weighted by atomic mass is 10.0. The Balaban J connectivity index is 1.84. The maximum atomic E-state index is 13.8. The second-order valence-electron chi connectivity index (χ2n) is 6.30. The van der Waals surface area contributed by atoms with Crippen molar-refractivity contribution in [2.45, 2.75) is 13.0 Å². The Morgan fingerprint density at radius 3 is 2.62 bits per heavy atom. The normalized spacial score (nSPS) is 11.9. The van der Waals surface area contributed by atoms with E-state index in [1.807, 2.05) is 6.07 Å². The van der Waals surface area contributed by atoms with Gasteiger partial charge in [0.25, 0.3) is 0 Å². The van der Waals surface area contributed by atoms with Gasteiger partial charge in [0.1, 0.15) is 41.2 Å². The summed E-state index contributed by atoms with van der Waals surface area (Å²) in [6.07, 6.45) is 4.44. The molecule has 4 rings (SSSR count). The molecular weight excluding hydrogens is 378 g/mol. The summed E-state index contributed by atoms with van der Waals surface area (Å²) >= 11 is 0. The van der Waals surface area contributed by atoms with Crippen molar-refractivity contribution in [3.8, 4) is 17.3 Å². The van der Waals surface area contributed by atoms with Crippen molar-refractivity contribution in [3.05, 3.63) is 65.7 Å². The van der Waals surface area contributed by atoms with E-state index in [-0.39, 0.29) is 22.8 Å². The zero-order valence-electron chi connectivity index (χ0n) is 15.1. The number of nitrogens with one attached hydrogen (secondary N) is 1. The van der Waals surface area contributed by atoms with Crippen LogP contribution >= 0.6 is 0 Å². The Labute approximate surface area is 163 Å². The Morgan fingerprint density at radius 1 is 1.14 bits per heavy atom. The molecule has 0 saturated carbocycles. The summed E-state index contributed by atoms with van der Waals surface area (Å²) in [7, 11) is 0. The third-order valence-electron chi connectivity index (χ3n) is 4.36. The van der Waals surface area contributed by atoms with Crippen LogP contribution in [0.2, 0.25) is 0 Å². The number of nitrogens with two attached hydrogens (primary N) is 1. The summed E-state index contributed by atoms with van der Waals surface area (Å²) in [5.74, 6) is -1.14. The van der Waals surface area contributed by atoms with Gasteiger partial charge in [-0.3, -0.25) is 0 Å². The number of hydrogen-bond donors (Lipinski definition) is 2. The van der Waals surface area contributed by atoms with Crippen LogP contribution in [0.15, 0.2) is 43.0 Å². The van der Waals surface area contributed by atoms with E-state index >= 15 is 0 Å². The van der Waals surface area contributed by atoms with E-state index in [2.05, 4.69) is 25.4 Å². The number of fused-ring (bicyclic) bond motifs is 1. The van der Waals surface area contributed by atoms with Crippen molar-refractivity contribution in [2.75, 3.05) is 11.1 Å². The van der Waals surface area contributed by atoms with Crippen LogP contribution in [0.3, 0.4) is 0 Å². The molecule has 0 aliphatic heterocycles. The average Bonchev–Trinajstić information content (AvgIpc) is 3.14. The second-order valence-corrected chi connectivity index (χ2v) is 6.30. The molecule has 10 heteroatoms. The first-order valence-electron chi connectivity index (χ1n) is 8.54. The van der Waals surface area contributed by atoms with Gasteiger partial charge in [0, 0.05) is 29.6 Å². The van der Waals surface area contributed by atoms with E-state index in [0.717, 1.165) is 6.07 Å². The molecule has 3 heterocycles. The molecule has 0 radical (unpaired) electrons. The standard InChI is InChI=1S/C19H14F2N8/c1-10(27-19-15(8-22)18(23)25-9-26-19)14-7-16-24-2-3-29(16)28-17(14)11-4-12(20)6-13(21)5-11/h2-7,9-10H,1H3,(H3,23,25,26,27)/t10-/m0/s1. The van der Waals surface area contributed by atoms with Crippen molar-refractivity contribution < 1.29 is 8.78 Å². The first-order chi connectivity index (χ1) is 14.0. The molecule has 1 atom stereocenters. The third kappa shape index (κ3) is 3.41. The van der Waals surface area contributed by atoms with Gasteiger partial charge in [-0.1, -0.05) is 0 Å². The van der Waals surface area contributed by atoms with E-state index in [0.29, 0.717) is 16.9 Å². The summed E-state index contributed by atoms with van der Waals surface area (Å²) in [5.41, 5.74) is 7.63. The van der Waals surface area contributed by atoms with Crippen LogP contribution in [-0.2, 0) is 0 Å². The fraction of sp³-hybridized carbons (Fsp3) is 0.105. The molecule has 3 N–H and O–H groups in total. The van der Waals surface area contributed by atoms with Gasteiger partial charge in [-0.2, -0.15) is 10.4 Å². The highest BCUT2D eigenvalue weighted by atomic mass is 19.1. The van der Waals surface area contributed by atoms with Crippen LogP contribution in [0.1, 0.15) is 24.1 Å². The minimum Gasteiger partial charge on any atom is -0.382 e. The van der Waals surface area contributed by atoms with E-state index in [4.69, 9.17) is 5.73 Å². The van der Waals surface area contributed by atoms with Crippen LogP contribution in [0.25, 0.3) is 16.9 Å². The number of hydrogen-bond acceptors (Lipinski definition) is 7. The zero-order valence-corrected chi connectivity index (χ0v) is 15.1. The number of aromatic nitrogens is 5. The number of benzene rings is 1. The maximum Gasteiger partial charge on any atom is 0.153 e. The number of nitrogens with zero attached hydrogens (tertiary/aromatic N) is 6. The molecule has 0 spiro atoms. The predicted molar refractivity (Wildman–Crippen MR) is 102 cm³/mol. The number of imidazole rings is 1. The number of halogens is 2. The van der Waals surface area contributed by atoms with Gasteiger partial charge >= 0.3 is 0 Å². The summed E-state index contributed by atoms with van der Waals surface area (Å²) in [4.78, 5) is 12.1. The Kier molecular flexibility index (Phi) is 4.48. The average molecular weight is 392 g/mol. The monoisotopic (exact) mass is 392 g/mol. The first-order valence-corrected chi connectivity index (χ1v) is 8.54. The number of nitriles is 1. The highest BCUT2D eigenvalue weighted by Crippen LogP contribution is 2.31. The number of anilines is 2. The summed E-state index contributed by atoms with van der Waals surface area (Å²) in [5, 5.41) is 16.9. The summed E-state index contributed by atoms with van der Waals surface area (Å²) in [6, 6.07) is 6.46. The molecule has 0 aliphatic rings. The van der Waals surface area contributed by atoms with Gasteiger partial charge < -0.3 is 11.1 Å². The Bertz CT molecular complexity index is 1240. The zero-order chi connectivity index (χ0) is 20.5. The molecule has 29 heavy (non-hydrogen) atoms. The lowest BCUT2D eigenvalue weighted by molar-refractivity contribution is 0.584. The maximum absolute atomic E-state index is 13.8. The predicted octanol–water partition coefficient (Wildman–Crippen LogP) is 3.09. The molecule has 1 aromatic carbocycles. The van der Waals surface area contributed by atoms with E-state index < -0.39 is 17.7 Å². The second kappa shape index (κ2) is 7.12. The quantitative estimate of drug-likeness (QED) is 0.548. The van der Waals surface area contributed by atoms with Gasteiger partial charge in [0.05, 0.1) is 11.7 Å². The third-order valence-corrected chi connectivity index (χ3v) is 4.36. The molecule has 8 nitrogen and oxygen atoms in total. The molecule has 3 aromatic heterocycles. The van der Waals surface area contributed by atoms with E-state index in [9.17, 15) is 14.0 Å². The smallest absolute Gasteiger partial charge is 0.153 e. The van der Waals surface area contributed by atoms with Gasteiger partial charge in [-0.15, -0.1) is 0 Å². The molecular formula is C19H14F2N8. The minimum atomic E-state index is -0.713. The van der Waals surface area contributed by atoms with Gasteiger partial charge in [0.2, 0.25) is 0 Å². The van der Waals surface area contributed by atoms with Crippen molar-refractivity contribution in [1.29, 1.82) is 5.26 Å². The molecule has 0 fully saturated rings. The summed E-state index contributed by atoms with van der Waals surface area (Å²) < 4.78 is 29.2. The molecule has 0 saturated heterocycles. The van der Waals surface area contributed by atoms with Crippen LogP contribution in [0.4, 0.5) is 20.4 Å². The van der Waals surface area contributed by atoms with Crippen molar-refractivity contribution in [2.24, 2.45) is 0 Å². The highest BCUT2D eigenvalue weighted by Gasteiger charge is 2.19. The topological polar surface area (TPSA) is 118 Å². The minimum absolute atomic E-state index is 0.0476. The van der Waals surface area contributed by atoms with Crippen molar-refractivity contribution in [1.82, 2.24) is 24.6 Å². The fourth-order valence-electron chi connectivity index (χ4n) is 3.02. The van der Waals surface area contributed by atoms with E-state index in [1.54, 1.807) is 25.4 Å². The SMILES string of the molecule is C[C@H](Nc1ncnc(N)c1C#N)c1cc2nccn2nc1-c1cc(F)cc(F)c1. The number of nitrogen functional groups attached to an aromatic ring is 1. The molecule has 144 valence electrons. The Hall–Kier alpha value is -4.13. The number of rotatable bonds is 4.